The molecule has 3 aromatic rings. The summed E-state index contributed by atoms with van der Waals surface area (Å²) in [5.41, 5.74) is 2.91. The number of hydrogen-bond donors (Lipinski definition) is 1. The molecule has 0 fully saturated rings. The van der Waals surface area contributed by atoms with Gasteiger partial charge in [0.2, 0.25) is 0 Å². The van der Waals surface area contributed by atoms with E-state index in [9.17, 15) is 5.11 Å². The Balaban J connectivity index is 2.16. The van der Waals surface area contributed by atoms with Crippen molar-refractivity contribution >= 4 is 23.2 Å². The van der Waals surface area contributed by atoms with Crippen LogP contribution in [0.1, 0.15) is 5.56 Å². The van der Waals surface area contributed by atoms with E-state index in [1.165, 1.54) is 6.07 Å². The van der Waals surface area contributed by atoms with E-state index in [0.29, 0.717) is 16.3 Å². The molecule has 1 N–H and O–H groups in total. The highest BCUT2D eigenvalue weighted by atomic mass is 35.5. The minimum Gasteiger partial charge on any atom is -0.506 e. The molecule has 3 rings (SSSR count). The van der Waals surface area contributed by atoms with Gasteiger partial charge in [0.25, 0.3) is 0 Å². The van der Waals surface area contributed by atoms with Crippen LogP contribution in [0.4, 0.5) is 0 Å². The molecule has 0 saturated heterocycles. The molecule has 5 heteroatoms. The molecule has 0 aliphatic rings. The Morgan fingerprint density at radius 3 is 2.52 bits per heavy atom. The summed E-state index contributed by atoms with van der Waals surface area (Å²) in [5.74, 6) is 0.385. The highest BCUT2D eigenvalue weighted by molar-refractivity contribution is 6.36. The van der Waals surface area contributed by atoms with Crippen LogP contribution in [-0.2, 0) is 0 Å². The Morgan fingerprint density at radius 2 is 1.81 bits per heavy atom. The molecule has 106 valence electrons. The summed E-state index contributed by atoms with van der Waals surface area (Å²) in [5, 5.41) is 14.8. The van der Waals surface area contributed by atoms with Gasteiger partial charge in [-0.05, 0) is 19.1 Å². The van der Waals surface area contributed by atoms with Gasteiger partial charge >= 0.3 is 0 Å². The van der Waals surface area contributed by atoms with Crippen LogP contribution in [-0.4, -0.2) is 10.3 Å². The molecule has 0 aliphatic carbocycles. The van der Waals surface area contributed by atoms with Gasteiger partial charge in [0, 0.05) is 16.1 Å². The van der Waals surface area contributed by atoms with Gasteiger partial charge < -0.3 is 9.63 Å². The average molecular weight is 320 g/mol. The molecule has 0 spiro atoms. The van der Waals surface area contributed by atoms with Gasteiger partial charge in [0.1, 0.15) is 11.4 Å². The van der Waals surface area contributed by atoms with Crippen LogP contribution in [0.15, 0.2) is 47.0 Å². The molecule has 0 radical (unpaired) electrons. The molecule has 1 aromatic heterocycles. The first-order valence-corrected chi connectivity index (χ1v) is 7.03. The Bertz CT molecular complexity index is 798. The van der Waals surface area contributed by atoms with Crippen LogP contribution in [0.5, 0.6) is 5.75 Å². The van der Waals surface area contributed by atoms with Crippen molar-refractivity contribution in [2.45, 2.75) is 6.92 Å². The Morgan fingerprint density at radius 1 is 1.10 bits per heavy atom. The zero-order valence-electron chi connectivity index (χ0n) is 11.1. The fourth-order valence-corrected chi connectivity index (χ4v) is 2.68. The first kappa shape index (κ1) is 14.0. The minimum absolute atomic E-state index is 0.0695. The molecular weight excluding hydrogens is 309 g/mol. The van der Waals surface area contributed by atoms with Crippen LogP contribution in [0.2, 0.25) is 10.0 Å². The topological polar surface area (TPSA) is 46.3 Å². The van der Waals surface area contributed by atoms with Crippen molar-refractivity contribution in [3.05, 3.63) is 58.1 Å². The zero-order chi connectivity index (χ0) is 15.0. The molecule has 2 aromatic carbocycles. The normalized spacial score (nSPS) is 10.8. The molecule has 21 heavy (non-hydrogen) atoms. The molecule has 0 amide bonds. The fraction of sp³-hybridized carbons (Fsp3) is 0.0625. The number of rotatable bonds is 2. The lowest BCUT2D eigenvalue weighted by Gasteiger charge is -2.05. The number of nitrogens with zero attached hydrogens (tertiary/aromatic N) is 1. The van der Waals surface area contributed by atoms with Crippen LogP contribution in [0.3, 0.4) is 0 Å². The maximum atomic E-state index is 10.1. The molecule has 0 bridgehead atoms. The lowest BCUT2D eigenvalue weighted by molar-refractivity contribution is 0.428. The van der Waals surface area contributed by atoms with Gasteiger partial charge in [-0.2, -0.15) is 0 Å². The first-order chi connectivity index (χ1) is 10.1. The van der Waals surface area contributed by atoms with Crippen molar-refractivity contribution in [1.82, 2.24) is 5.16 Å². The van der Waals surface area contributed by atoms with Gasteiger partial charge in [-0.15, -0.1) is 0 Å². The number of phenolic OH excluding ortho intramolecular Hbond substituents is 1. The summed E-state index contributed by atoms with van der Waals surface area (Å²) in [6, 6.07) is 12.8. The van der Waals surface area contributed by atoms with E-state index in [4.69, 9.17) is 27.7 Å². The van der Waals surface area contributed by atoms with E-state index >= 15 is 0 Å². The third-order valence-corrected chi connectivity index (χ3v) is 3.75. The average Bonchev–Trinajstić information content (AvgIpc) is 2.85. The minimum atomic E-state index is -0.0695. The maximum Gasteiger partial charge on any atom is 0.174 e. The number of aromatic nitrogens is 1. The van der Waals surface area contributed by atoms with E-state index in [1.807, 2.05) is 37.3 Å². The van der Waals surface area contributed by atoms with E-state index in [2.05, 4.69) is 5.16 Å². The van der Waals surface area contributed by atoms with Gasteiger partial charge in [0.05, 0.1) is 10.6 Å². The fourth-order valence-electron chi connectivity index (χ4n) is 2.19. The number of hydrogen-bond acceptors (Lipinski definition) is 3. The third-order valence-electron chi connectivity index (χ3n) is 3.24. The van der Waals surface area contributed by atoms with Crippen LogP contribution in [0, 0.1) is 6.92 Å². The molecule has 0 aliphatic heterocycles. The van der Waals surface area contributed by atoms with Crippen LogP contribution in [0.25, 0.3) is 22.6 Å². The molecule has 3 nitrogen and oxygen atoms in total. The quantitative estimate of drug-likeness (QED) is 0.694. The van der Waals surface area contributed by atoms with Crippen molar-refractivity contribution in [1.29, 1.82) is 0 Å². The number of benzene rings is 2. The first-order valence-electron chi connectivity index (χ1n) is 6.28. The summed E-state index contributed by atoms with van der Waals surface area (Å²) >= 11 is 11.9. The second-order valence-electron chi connectivity index (χ2n) is 4.64. The molecule has 0 atom stereocenters. The number of halogens is 2. The van der Waals surface area contributed by atoms with Crippen molar-refractivity contribution in [2.75, 3.05) is 0 Å². The van der Waals surface area contributed by atoms with Crippen molar-refractivity contribution in [2.24, 2.45) is 0 Å². The number of phenols is 1. The second kappa shape index (κ2) is 5.43. The van der Waals surface area contributed by atoms with Crippen molar-refractivity contribution in [3.63, 3.8) is 0 Å². The van der Waals surface area contributed by atoms with Gasteiger partial charge in [-0.25, -0.2) is 0 Å². The monoisotopic (exact) mass is 319 g/mol. The predicted octanol–water partition coefficient (Wildman–Crippen LogP) is 5.33. The van der Waals surface area contributed by atoms with Gasteiger partial charge in [0.15, 0.2) is 5.76 Å². The summed E-state index contributed by atoms with van der Waals surface area (Å²) in [6.07, 6.45) is 0. The SMILES string of the molecule is Cc1c(-c2ccccc2)noc1-c1cc(Cl)cc(Cl)c1O. The van der Waals surface area contributed by atoms with Crippen LogP contribution >= 0.6 is 23.2 Å². The molecule has 0 saturated carbocycles. The van der Waals surface area contributed by atoms with Crippen molar-refractivity contribution in [3.8, 4) is 28.3 Å². The lowest BCUT2D eigenvalue weighted by Crippen LogP contribution is -1.83. The standard InChI is InChI=1S/C16H11Cl2NO2/c1-9-14(10-5-3-2-4-6-10)19-21-16(9)12-7-11(17)8-13(18)15(12)20/h2-8,20H,1H3. The Labute approximate surface area is 131 Å². The second-order valence-corrected chi connectivity index (χ2v) is 5.48. The Hall–Kier alpha value is -1.97. The molecular formula is C16H11Cl2NO2. The summed E-state index contributed by atoms with van der Waals surface area (Å²) in [7, 11) is 0. The van der Waals surface area contributed by atoms with E-state index < -0.39 is 0 Å². The smallest absolute Gasteiger partial charge is 0.174 e. The zero-order valence-corrected chi connectivity index (χ0v) is 12.6. The van der Waals surface area contributed by atoms with Crippen molar-refractivity contribution < 1.29 is 9.63 Å². The maximum absolute atomic E-state index is 10.1. The number of aromatic hydroxyl groups is 1. The van der Waals surface area contributed by atoms with Gasteiger partial charge in [-0.3, -0.25) is 0 Å². The van der Waals surface area contributed by atoms with E-state index in [0.717, 1.165) is 16.8 Å². The summed E-state index contributed by atoms with van der Waals surface area (Å²) in [6.45, 7) is 1.88. The van der Waals surface area contributed by atoms with Crippen LogP contribution < -0.4 is 0 Å². The molecule has 0 unspecified atom stereocenters. The van der Waals surface area contributed by atoms with E-state index in [-0.39, 0.29) is 10.8 Å². The summed E-state index contributed by atoms with van der Waals surface area (Å²) < 4.78 is 5.40. The summed E-state index contributed by atoms with van der Waals surface area (Å²) in [4.78, 5) is 0. The predicted molar refractivity (Wildman–Crippen MR) is 83.8 cm³/mol. The van der Waals surface area contributed by atoms with Gasteiger partial charge in [-0.1, -0.05) is 58.7 Å². The highest BCUT2D eigenvalue weighted by Crippen LogP contribution is 2.41. The molecule has 1 heterocycles. The highest BCUT2D eigenvalue weighted by Gasteiger charge is 2.19. The van der Waals surface area contributed by atoms with E-state index in [1.54, 1.807) is 6.07 Å². The third kappa shape index (κ3) is 2.50. The largest absolute Gasteiger partial charge is 0.506 e. The Kier molecular flexibility index (Phi) is 3.62. The lowest BCUT2D eigenvalue weighted by atomic mass is 10.0.